The molecule has 0 spiro atoms. The molecule has 23 heavy (non-hydrogen) atoms. The van der Waals surface area contributed by atoms with Gasteiger partial charge < -0.3 is 15.2 Å². The number of hydrogen-bond acceptors (Lipinski definition) is 5. The van der Waals surface area contributed by atoms with Crippen LogP contribution in [0.25, 0.3) is 11.3 Å². The van der Waals surface area contributed by atoms with Gasteiger partial charge in [0.05, 0.1) is 22.4 Å². The van der Waals surface area contributed by atoms with Crippen LogP contribution in [-0.4, -0.2) is 15.9 Å². The Morgan fingerprint density at radius 1 is 1.09 bits per heavy atom. The van der Waals surface area contributed by atoms with Gasteiger partial charge in [0.25, 0.3) is 0 Å². The minimum Gasteiger partial charge on any atom is -0.545 e. The molecule has 0 saturated carbocycles. The van der Waals surface area contributed by atoms with Gasteiger partial charge in [0.15, 0.2) is 0 Å². The van der Waals surface area contributed by atoms with Gasteiger partial charge in [-0.05, 0) is 23.8 Å². The van der Waals surface area contributed by atoms with E-state index in [0.717, 1.165) is 11.3 Å². The lowest BCUT2D eigenvalue weighted by atomic mass is 10.1. The Kier molecular flexibility index (Phi) is 4.21. The maximum atomic E-state index is 10.8. The average Bonchev–Trinajstić information content (AvgIpc) is 2.57. The van der Waals surface area contributed by atoms with Crippen molar-refractivity contribution < 1.29 is 9.90 Å². The first kappa shape index (κ1) is 15.0. The van der Waals surface area contributed by atoms with Gasteiger partial charge in [-0.3, -0.25) is 0 Å². The van der Waals surface area contributed by atoms with E-state index < -0.39 is 5.97 Å². The zero-order chi connectivity index (χ0) is 16.2. The molecule has 3 aromatic rings. The third-order valence-electron chi connectivity index (χ3n) is 3.18. The molecule has 3 rings (SSSR count). The molecule has 0 aliphatic carbocycles. The van der Waals surface area contributed by atoms with Crippen LogP contribution in [0.3, 0.4) is 0 Å². The van der Waals surface area contributed by atoms with Gasteiger partial charge in [-0.2, -0.15) is 0 Å². The van der Waals surface area contributed by atoms with Crippen LogP contribution in [-0.2, 0) is 0 Å². The highest BCUT2D eigenvalue weighted by atomic mass is 35.5. The molecule has 0 amide bonds. The van der Waals surface area contributed by atoms with Crippen LogP contribution in [0.5, 0.6) is 0 Å². The Bertz CT molecular complexity index is 853. The second-order valence-electron chi connectivity index (χ2n) is 4.74. The van der Waals surface area contributed by atoms with Crippen molar-refractivity contribution in [3.05, 3.63) is 71.4 Å². The minimum atomic E-state index is -1.28. The first-order valence-electron chi connectivity index (χ1n) is 6.80. The van der Waals surface area contributed by atoms with Crippen LogP contribution in [0.4, 0.5) is 11.6 Å². The molecule has 0 radical (unpaired) electrons. The number of anilines is 2. The van der Waals surface area contributed by atoms with Gasteiger partial charge in [0.2, 0.25) is 5.95 Å². The fourth-order valence-electron chi connectivity index (χ4n) is 2.05. The molecule has 6 heteroatoms. The summed E-state index contributed by atoms with van der Waals surface area (Å²) in [6.45, 7) is 0. The molecule has 2 aromatic carbocycles. The lowest BCUT2D eigenvalue weighted by Gasteiger charge is -2.10. The van der Waals surface area contributed by atoms with E-state index in [2.05, 4.69) is 15.3 Å². The quantitative estimate of drug-likeness (QED) is 0.798. The molecule has 114 valence electrons. The number of aromatic carboxylic acids is 1. The Balaban J connectivity index is 1.88. The number of benzene rings is 2. The summed E-state index contributed by atoms with van der Waals surface area (Å²) in [4.78, 5) is 19.4. The number of carboxylic acid groups (broad SMARTS) is 1. The number of carboxylic acids is 1. The van der Waals surface area contributed by atoms with E-state index in [0.29, 0.717) is 11.6 Å². The smallest absolute Gasteiger partial charge is 0.227 e. The molecule has 0 bridgehead atoms. The molecule has 0 atom stereocenters. The predicted octanol–water partition coefficient (Wildman–Crippen LogP) is 2.90. The van der Waals surface area contributed by atoms with Crippen LogP contribution in [0.15, 0.2) is 60.8 Å². The van der Waals surface area contributed by atoms with E-state index in [4.69, 9.17) is 11.6 Å². The summed E-state index contributed by atoms with van der Waals surface area (Å²) in [5, 5.41) is 14.0. The van der Waals surface area contributed by atoms with Crippen molar-refractivity contribution >= 4 is 29.2 Å². The van der Waals surface area contributed by atoms with Gasteiger partial charge in [-0.25, -0.2) is 9.97 Å². The average molecular weight is 325 g/mol. The zero-order valence-corrected chi connectivity index (χ0v) is 12.6. The van der Waals surface area contributed by atoms with E-state index in [9.17, 15) is 9.90 Å². The first-order chi connectivity index (χ1) is 11.1. The lowest BCUT2D eigenvalue weighted by molar-refractivity contribution is -0.255. The summed E-state index contributed by atoms with van der Waals surface area (Å²) >= 11 is 6.07. The van der Waals surface area contributed by atoms with Gasteiger partial charge in [0.1, 0.15) is 0 Å². The highest BCUT2D eigenvalue weighted by molar-refractivity contribution is 6.33. The zero-order valence-electron chi connectivity index (χ0n) is 11.9. The van der Waals surface area contributed by atoms with E-state index in [-0.39, 0.29) is 10.6 Å². The number of halogens is 1. The molecule has 0 fully saturated rings. The van der Waals surface area contributed by atoms with Crippen molar-refractivity contribution in [3.63, 3.8) is 0 Å². The molecular formula is C17H11ClN3O2-. The Morgan fingerprint density at radius 3 is 2.57 bits per heavy atom. The molecule has 0 aliphatic rings. The predicted molar refractivity (Wildman–Crippen MR) is 86.5 cm³/mol. The van der Waals surface area contributed by atoms with Crippen molar-refractivity contribution in [1.82, 2.24) is 9.97 Å². The molecule has 0 aliphatic heterocycles. The van der Waals surface area contributed by atoms with Crippen LogP contribution in [0.1, 0.15) is 10.4 Å². The largest absolute Gasteiger partial charge is 0.545 e. The molecule has 1 aromatic heterocycles. The molecule has 5 nitrogen and oxygen atoms in total. The Hall–Kier alpha value is -2.92. The maximum Gasteiger partial charge on any atom is 0.227 e. The van der Waals surface area contributed by atoms with Crippen LogP contribution in [0.2, 0.25) is 5.02 Å². The third-order valence-corrected chi connectivity index (χ3v) is 3.49. The number of carbonyl (C=O) groups is 1. The summed E-state index contributed by atoms with van der Waals surface area (Å²) in [7, 11) is 0. The Labute approximate surface area is 137 Å². The molecule has 1 N–H and O–H groups in total. The van der Waals surface area contributed by atoms with Crippen LogP contribution >= 0.6 is 11.6 Å². The Morgan fingerprint density at radius 2 is 1.87 bits per heavy atom. The van der Waals surface area contributed by atoms with Crippen molar-refractivity contribution in [2.24, 2.45) is 0 Å². The summed E-state index contributed by atoms with van der Waals surface area (Å²) in [6.07, 6.45) is 1.64. The fourth-order valence-corrected chi connectivity index (χ4v) is 2.28. The second-order valence-corrected chi connectivity index (χ2v) is 5.15. The summed E-state index contributed by atoms with van der Waals surface area (Å²) in [6, 6.07) is 15.8. The van der Waals surface area contributed by atoms with E-state index in [1.165, 1.54) is 12.1 Å². The van der Waals surface area contributed by atoms with Crippen molar-refractivity contribution in [2.45, 2.75) is 0 Å². The van der Waals surface area contributed by atoms with E-state index in [1.54, 1.807) is 18.3 Å². The second kappa shape index (κ2) is 6.46. The minimum absolute atomic E-state index is 0.0134. The SMILES string of the molecule is O=C([O-])c1ccc(Nc2nccc(-c3ccccc3)n2)c(Cl)c1. The van der Waals surface area contributed by atoms with E-state index in [1.807, 2.05) is 30.3 Å². The molecule has 1 heterocycles. The number of nitrogens with zero attached hydrogens (tertiary/aromatic N) is 2. The van der Waals surface area contributed by atoms with Crippen LogP contribution in [0, 0.1) is 0 Å². The highest BCUT2D eigenvalue weighted by Gasteiger charge is 2.06. The van der Waals surface area contributed by atoms with Crippen molar-refractivity contribution in [1.29, 1.82) is 0 Å². The van der Waals surface area contributed by atoms with Crippen molar-refractivity contribution in [3.8, 4) is 11.3 Å². The first-order valence-corrected chi connectivity index (χ1v) is 7.17. The maximum absolute atomic E-state index is 10.8. The summed E-state index contributed by atoms with van der Waals surface area (Å²) in [5.74, 6) is -0.907. The number of hydrogen-bond donors (Lipinski definition) is 1. The van der Waals surface area contributed by atoms with Gasteiger partial charge in [-0.1, -0.05) is 48.0 Å². The van der Waals surface area contributed by atoms with Gasteiger partial charge in [-0.15, -0.1) is 0 Å². The third kappa shape index (κ3) is 3.46. The lowest BCUT2D eigenvalue weighted by Crippen LogP contribution is -2.22. The van der Waals surface area contributed by atoms with Gasteiger partial charge in [0, 0.05) is 11.8 Å². The highest BCUT2D eigenvalue weighted by Crippen LogP contribution is 2.26. The number of aromatic nitrogens is 2. The molecule has 0 unspecified atom stereocenters. The number of nitrogens with one attached hydrogen (secondary N) is 1. The number of rotatable bonds is 4. The topological polar surface area (TPSA) is 77.9 Å². The fraction of sp³-hybridized carbons (Fsp3) is 0. The van der Waals surface area contributed by atoms with Crippen LogP contribution < -0.4 is 10.4 Å². The summed E-state index contributed by atoms with van der Waals surface area (Å²) in [5.41, 5.74) is 2.27. The standard InChI is InChI=1S/C17H12ClN3O2/c18-13-10-12(16(22)23)6-7-15(13)21-17-19-9-8-14(20-17)11-4-2-1-3-5-11/h1-10H,(H,22,23)(H,19,20,21)/p-1. The molecule has 0 saturated heterocycles. The normalized spacial score (nSPS) is 10.3. The van der Waals surface area contributed by atoms with Crippen molar-refractivity contribution in [2.75, 3.05) is 5.32 Å². The number of carbonyl (C=O) groups excluding carboxylic acids is 1. The van der Waals surface area contributed by atoms with Gasteiger partial charge >= 0.3 is 0 Å². The monoisotopic (exact) mass is 324 g/mol. The summed E-state index contributed by atoms with van der Waals surface area (Å²) < 4.78 is 0. The molecular weight excluding hydrogens is 314 g/mol. The van der Waals surface area contributed by atoms with E-state index >= 15 is 0 Å².